The Hall–Kier alpha value is -2.89. The first-order valence-corrected chi connectivity index (χ1v) is 9.81. The zero-order valence-corrected chi connectivity index (χ0v) is 17.0. The van der Waals surface area contributed by atoms with Gasteiger partial charge in [-0.1, -0.05) is 18.2 Å². The largest absolute Gasteiger partial charge is 0.506 e. The number of guanidine groups is 1. The van der Waals surface area contributed by atoms with E-state index in [1.165, 1.54) is 5.56 Å². The Bertz CT molecular complexity index is 814. The van der Waals surface area contributed by atoms with Crippen LogP contribution in [0, 0.1) is 6.92 Å². The maximum absolute atomic E-state index is 10.1. The monoisotopic (exact) mass is 382 g/mol. The number of piperazine rings is 1. The van der Waals surface area contributed by atoms with Gasteiger partial charge < -0.3 is 25.0 Å². The first kappa shape index (κ1) is 19.9. The SMILES string of the molecule is CCNC(=NCc1cc(C)cc(OC)c1)N1CCN(c2ccccc2O)CC1. The maximum atomic E-state index is 10.1. The predicted octanol–water partition coefficient (Wildman–Crippen LogP) is 3.00. The average Bonchev–Trinajstić information content (AvgIpc) is 2.71. The molecule has 2 N–H and O–H groups in total. The number of phenolic OH excluding ortho intramolecular Hbond substituents is 1. The highest BCUT2D eigenvalue weighted by molar-refractivity contribution is 5.80. The molecule has 0 atom stereocenters. The standard InChI is InChI=1S/C22H30N4O2/c1-4-23-22(24-16-18-13-17(2)14-19(15-18)28-3)26-11-9-25(10-12-26)20-7-5-6-8-21(20)27/h5-8,13-15,27H,4,9-12,16H2,1-3H3,(H,23,24). The number of phenols is 1. The van der Waals surface area contributed by atoms with Crippen LogP contribution in [0.3, 0.4) is 0 Å². The predicted molar refractivity (Wildman–Crippen MR) is 114 cm³/mol. The van der Waals surface area contributed by atoms with Crippen molar-refractivity contribution in [1.29, 1.82) is 0 Å². The minimum absolute atomic E-state index is 0.338. The molecule has 6 heteroatoms. The molecule has 1 fully saturated rings. The molecule has 0 saturated carbocycles. The summed E-state index contributed by atoms with van der Waals surface area (Å²) in [6.45, 7) is 9.01. The highest BCUT2D eigenvalue weighted by Crippen LogP contribution is 2.27. The molecule has 1 saturated heterocycles. The van der Waals surface area contributed by atoms with Gasteiger partial charge in [-0.3, -0.25) is 0 Å². The molecule has 0 spiro atoms. The maximum Gasteiger partial charge on any atom is 0.194 e. The lowest BCUT2D eigenvalue weighted by atomic mass is 10.1. The Kier molecular flexibility index (Phi) is 6.63. The second kappa shape index (κ2) is 9.35. The molecule has 0 aromatic heterocycles. The van der Waals surface area contributed by atoms with Crippen LogP contribution in [0.25, 0.3) is 0 Å². The number of aromatic hydroxyl groups is 1. The zero-order chi connectivity index (χ0) is 19.9. The van der Waals surface area contributed by atoms with Crippen molar-refractivity contribution >= 4 is 11.6 Å². The molecule has 6 nitrogen and oxygen atoms in total. The summed E-state index contributed by atoms with van der Waals surface area (Å²) in [6, 6.07) is 13.7. The van der Waals surface area contributed by atoms with Crippen molar-refractivity contribution in [2.75, 3.05) is 44.7 Å². The van der Waals surface area contributed by atoms with E-state index in [1.807, 2.05) is 30.3 Å². The van der Waals surface area contributed by atoms with Gasteiger partial charge in [0.15, 0.2) is 5.96 Å². The third-order valence-corrected chi connectivity index (χ3v) is 4.89. The zero-order valence-electron chi connectivity index (χ0n) is 17.0. The molecule has 2 aromatic carbocycles. The summed E-state index contributed by atoms with van der Waals surface area (Å²) < 4.78 is 5.37. The number of ether oxygens (including phenoxy) is 1. The first-order valence-electron chi connectivity index (χ1n) is 9.81. The fourth-order valence-electron chi connectivity index (χ4n) is 3.52. The van der Waals surface area contributed by atoms with Gasteiger partial charge in [0.05, 0.1) is 19.3 Å². The number of hydrogen-bond donors (Lipinski definition) is 2. The number of rotatable bonds is 5. The Morgan fingerprint density at radius 1 is 1.14 bits per heavy atom. The molecule has 3 rings (SSSR count). The third kappa shape index (κ3) is 4.88. The summed E-state index contributed by atoms with van der Waals surface area (Å²) >= 11 is 0. The van der Waals surface area contributed by atoms with Gasteiger partial charge >= 0.3 is 0 Å². The van der Waals surface area contributed by atoms with E-state index in [4.69, 9.17) is 9.73 Å². The molecule has 150 valence electrons. The number of para-hydroxylation sites is 2. The van der Waals surface area contributed by atoms with Crippen LogP contribution in [-0.4, -0.2) is 55.8 Å². The van der Waals surface area contributed by atoms with Gasteiger partial charge in [-0.2, -0.15) is 0 Å². The lowest BCUT2D eigenvalue weighted by Crippen LogP contribution is -2.52. The molecular formula is C22H30N4O2. The quantitative estimate of drug-likeness (QED) is 0.615. The number of anilines is 1. The topological polar surface area (TPSA) is 60.3 Å². The molecule has 1 aliphatic rings. The molecule has 1 aliphatic heterocycles. The number of hydrogen-bond acceptors (Lipinski definition) is 4. The molecule has 0 bridgehead atoms. The molecule has 28 heavy (non-hydrogen) atoms. The Labute approximate surface area is 167 Å². The fraction of sp³-hybridized carbons (Fsp3) is 0.409. The normalized spacial score (nSPS) is 14.9. The molecule has 0 unspecified atom stereocenters. The van der Waals surface area contributed by atoms with Crippen LogP contribution in [-0.2, 0) is 6.54 Å². The number of nitrogens with one attached hydrogen (secondary N) is 1. The van der Waals surface area contributed by atoms with Crippen LogP contribution in [0.4, 0.5) is 5.69 Å². The highest BCUT2D eigenvalue weighted by atomic mass is 16.5. The third-order valence-electron chi connectivity index (χ3n) is 4.89. The molecule has 1 heterocycles. The van der Waals surface area contributed by atoms with Crippen LogP contribution >= 0.6 is 0 Å². The van der Waals surface area contributed by atoms with E-state index in [9.17, 15) is 5.11 Å². The number of methoxy groups -OCH3 is 1. The van der Waals surface area contributed by atoms with Crippen molar-refractivity contribution < 1.29 is 9.84 Å². The summed E-state index contributed by atoms with van der Waals surface area (Å²) in [5.74, 6) is 2.14. The van der Waals surface area contributed by atoms with E-state index in [0.29, 0.717) is 12.3 Å². The Morgan fingerprint density at radius 3 is 2.57 bits per heavy atom. The molecular weight excluding hydrogens is 352 g/mol. The van der Waals surface area contributed by atoms with Crippen molar-refractivity contribution in [2.24, 2.45) is 4.99 Å². The van der Waals surface area contributed by atoms with Crippen LogP contribution < -0.4 is 15.0 Å². The van der Waals surface area contributed by atoms with Crippen molar-refractivity contribution in [3.63, 3.8) is 0 Å². The van der Waals surface area contributed by atoms with Gasteiger partial charge in [-0.25, -0.2) is 4.99 Å². The van der Waals surface area contributed by atoms with Crippen molar-refractivity contribution in [2.45, 2.75) is 20.4 Å². The van der Waals surface area contributed by atoms with Gasteiger partial charge in [0.25, 0.3) is 0 Å². The van der Waals surface area contributed by atoms with Gasteiger partial charge in [-0.15, -0.1) is 0 Å². The van der Waals surface area contributed by atoms with Crippen LogP contribution in [0.15, 0.2) is 47.5 Å². The van der Waals surface area contributed by atoms with E-state index in [2.05, 4.69) is 35.0 Å². The van der Waals surface area contributed by atoms with Crippen LogP contribution in [0.2, 0.25) is 0 Å². The fourth-order valence-corrected chi connectivity index (χ4v) is 3.52. The summed E-state index contributed by atoms with van der Waals surface area (Å²) in [7, 11) is 1.69. The number of aliphatic imine (C=N–C) groups is 1. The number of nitrogens with zero attached hydrogens (tertiary/aromatic N) is 3. The molecule has 2 aromatic rings. The Morgan fingerprint density at radius 2 is 1.89 bits per heavy atom. The summed E-state index contributed by atoms with van der Waals surface area (Å²) in [5.41, 5.74) is 3.21. The second-order valence-electron chi connectivity index (χ2n) is 6.99. The van der Waals surface area contributed by atoms with Crippen LogP contribution in [0.5, 0.6) is 11.5 Å². The average molecular weight is 383 g/mol. The van der Waals surface area contributed by atoms with E-state index in [1.54, 1.807) is 13.2 Å². The van der Waals surface area contributed by atoms with Gasteiger partial charge in [0.1, 0.15) is 11.5 Å². The lowest BCUT2D eigenvalue weighted by Gasteiger charge is -2.37. The molecule has 0 radical (unpaired) electrons. The van der Waals surface area contributed by atoms with Gasteiger partial charge in [0, 0.05) is 32.7 Å². The van der Waals surface area contributed by atoms with Crippen molar-refractivity contribution in [3.05, 3.63) is 53.6 Å². The van der Waals surface area contributed by atoms with E-state index < -0.39 is 0 Å². The van der Waals surface area contributed by atoms with Crippen molar-refractivity contribution in [3.8, 4) is 11.5 Å². The number of benzene rings is 2. The molecule has 0 aliphatic carbocycles. The minimum atomic E-state index is 0.338. The smallest absolute Gasteiger partial charge is 0.194 e. The lowest BCUT2D eigenvalue weighted by molar-refractivity contribution is 0.369. The van der Waals surface area contributed by atoms with E-state index >= 15 is 0 Å². The van der Waals surface area contributed by atoms with E-state index in [0.717, 1.165) is 55.7 Å². The summed E-state index contributed by atoms with van der Waals surface area (Å²) in [6.07, 6.45) is 0. The number of aryl methyl sites for hydroxylation is 1. The van der Waals surface area contributed by atoms with E-state index in [-0.39, 0.29) is 0 Å². The molecule has 0 amide bonds. The van der Waals surface area contributed by atoms with Crippen molar-refractivity contribution in [1.82, 2.24) is 10.2 Å². The van der Waals surface area contributed by atoms with Crippen LogP contribution in [0.1, 0.15) is 18.1 Å². The Balaban J connectivity index is 1.67. The first-order chi connectivity index (χ1) is 13.6. The summed E-state index contributed by atoms with van der Waals surface area (Å²) in [5, 5.41) is 13.5. The minimum Gasteiger partial charge on any atom is -0.506 e. The second-order valence-corrected chi connectivity index (χ2v) is 6.99. The summed E-state index contributed by atoms with van der Waals surface area (Å²) in [4.78, 5) is 9.36. The highest BCUT2D eigenvalue weighted by Gasteiger charge is 2.21. The van der Waals surface area contributed by atoms with Gasteiger partial charge in [0.2, 0.25) is 0 Å². The van der Waals surface area contributed by atoms with Gasteiger partial charge in [-0.05, 0) is 49.2 Å².